The summed E-state index contributed by atoms with van der Waals surface area (Å²) in [6, 6.07) is 11.9. The minimum atomic E-state index is -1.21. The van der Waals surface area contributed by atoms with E-state index in [1.54, 1.807) is 30.3 Å². The minimum absolute atomic E-state index is 0.206. The number of nitrogens with one attached hydrogen (secondary N) is 1. The Balaban J connectivity index is 1.93. The number of anilines is 1. The summed E-state index contributed by atoms with van der Waals surface area (Å²) >= 11 is 0. The van der Waals surface area contributed by atoms with Crippen molar-refractivity contribution in [1.82, 2.24) is 10.4 Å². The van der Waals surface area contributed by atoms with E-state index in [2.05, 4.69) is 5.43 Å². The molecule has 1 fully saturated rings. The van der Waals surface area contributed by atoms with Gasteiger partial charge in [0.15, 0.2) is 0 Å². The van der Waals surface area contributed by atoms with E-state index in [1.165, 1.54) is 12.1 Å². The number of hydrazine groups is 1. The zero-order valence-corrected chi connectivity index (χ0v) is 17.4. The summed E-state index contributed by atoms with van der Waals surface area (Å²) in [6.07, 6.45) is 0.835. The molecule has 3 rings (SSSR count). The predicted octanol–water partition coefficient (Wildman–Crippen LogP) is 3.07. The van der Waals surface area contributed by atoms with Gasteiger partial charge in [0.2, 0.25) is 11.8 Å². The van der Waals surface area contributed by atoms with Crippen LogP contribution >= 0.6 is 0 Å². The Morgan fingerprint density at radius 2 is 1.68 bits per heavy atom. The molecule has 0 saturated carbocycles. The summed E-state index contributed by atoms with van der Waals surface area (Å²) in [4.78, 5) is 52.6. The molecule has 0 radical (unpaired) electrons. The second kappa shape index (κ2) is 9.51. The van der Waals surface area contributed by atoms with Crippen molar-refractivity contribution < 1.29 is 23.6 Å². The summed E-state index contributed by atoms with van der Waals surface area (Å²) < 4.78 is 13.3. The number of benzene rings is 2. The van der Waals surface area contributed by atoms with E-state index in [0.29, 0.717) is 12.8 Å². The molecular formula is C23H24FN3O4. The van der Waals surface area contributed by atoms with Gasteiger partial charge in [0.1, 0.15) is 11.9 Å². The van der Waals surface area contributed by atoms with Gasteiger partial charge in [0.25, 0.3) is 11.8 Å². The first-order valence-corrected chi connectivity index (χ1v) is 10.2. The van der Waals surface area contributed by atoms with Gasteiger partial charge in [-0.2, -0.15) is 0 Å². The van der Waals surface area contributed by atoms with E-state index in [-0.39, 0.29) is 23.6 Å². The van der Waals surface area contributed by atoms with Crippen LogP contribution in [0.25, 0.3) is 0 Å². The quantitative estimate of drug-likeness (QED) is 0.569. The Bertz CT molecular complexity index is 974. The highest BCUT2D eigenvalue weighted by Crippen LogP contribution is 2.26. The molecule has 7 nitrogen and oxygen atoms in total. The lowest BCUT2D eigenvalue weighted by molar-refractivity contribution is -0.132. The highest BCUT2D eigenvalue weighted by Gasteiger charge is 2.45. The van der Waals surface area contributed by atoms with Crippen LogP contribution in [0.1, 0.15) is 43.5 Å². The van der Waals surface area contributed by atoms with Gasteiger partial charge < -0.3 is 0 Å². The van der Waals surface area contributed by atoms with E-state index in [9.17, 15) is 23.6 Å². The molecule has 1 N–H and O–H groups in total. The summed E-state index contributed by atoms with van der Waals surface area (Å²) in [6.45, 7) is 3.72. The second-order valence-corrected chi connectivity index (χ2v) is 7.29. The van der Waals surface area contributed by atoms with Gasteiger partial charge in [-0.1, -0.05) is 32.0 Å². The second-order valence-electron chi connectivity index (χ2n) is 7.29. The van der Waals surface area contributed by atoms with Gasteiger partial charge >= 0.3 is 0 Å². The van der Waals surface area contributed by atoms with Crippen LogP contribution in [0, 0.1) is 11.7 Å². The van der Waals surface area contributed by atoms with Gasteiger partial charge in [0, 0.05) is 11.5 Å². The molecular weight excluding hydrogens is 401 g/mol. The van der Waals surface area contributed by atoms with Crippen LogP contribution in [0.4, 0.5) is 10.1 Å². The fourth-order valence-electron chi connectivity index (χ4n) is 3.54. The fraction of sp³-hybridized carbons (Fsp3) is 0.304. The Morgan fingerprint density at radius 3 is 2.26 bits per heavy atom. The number of rotatable bonds is 6. The number of carbonyl (C=O) groups excluding carboxylic acids is 4. The Kier molecular flexibility index (Phi) is 6.79. The van der Waals surface area contributed by atoms with Crippen molar-refractivity contribution in [2.75, 3.05) is 4.90 Å². The number of nitrogens with zero attached hydrogens (tertiary/aromatic N) is 2. The predicted molar refractivity (Wildman–Crippen MR) is 112 cm³/mol. The van der Waals surface area contributed by atoms with E-state index in [0.717, 1.165) is 22.0 Å². The third kappa shape index (κ3) is 4.63. The van der Waals surface area contributed by atoms with E-state index in [1.807, 2.05) is 13.8 Å². The lowest BCUT2D eigenvalue weighted by Crippen LogP contribution is -2.55. The van der Waals surface area contributed by atoms with E-state index in [4.69, 9.17) is 0 Å². The van der Waals surface area contributed by atoms with Crippen molar-refractivity contribution in [3.05, 3.63) is 66.0 Å². The third-order valence-electron chi connectivity index (χ3n) is 5.35. The average molecular weight is 425 g/mol. The van der Waals surface area contributed by atoms with Crippen LogP contribution < -0.4 is 10.3 Å². The monoisotopic (exact) mass is 425 g/mol. The van der Waals surface area contributed by atoms with Crippen LogP contribution in [0.3, 0.4) is 0 Å². The zero-order valence-electron chi connectivity index (χ0n) is 17.4. The third-order valence-corrected chi connectivity index (χ3v) is 5.35. The van der Waals surface area contributed by atoms with Gasteiger partial charge in [-0.15, -0.1) is 0 Å². The van der Waals surface area contributed by atoms with E-state index >= 15 is 0 Å². The number of amides is 4. The van der Waals surface area contributed by atoms with Gasteiger partial charge in [-0.25, -0.2) is 14.3 Å². The molecule has 1 aliphatic rings. The molecule has 2 aromatic carbocycles. The van der Waals surface area contributed by atoms with Crippen molar-refractivity contribution in [3.63, 3.8) is 0 Å². The number of imide groups is 1. The summed E-state index contributed by atoms with van der Waals surface area (Å²) in [5.74, 6) is -3.03. The topological polar surface area (TPSA) is 86.8 Å². The first kappa shape index (κ1) is 22.1. The first-order chi connectivity index (χ1) is 14.9. The maximum atomic E-state index is 13.3. The Morgan fingerprint density at radius 1 is 1.06 bits per heavy atom. The summed E-state index contributed by atoms with van der Waals surface area (Å²) in [5.41, 5.74) is 3.05. The molecule has 4 amide bonds. The molecule has 162 valence electrons. The highest BCUT2D eigenvalue weighted by molar-refractivity contribution is 6.23. The van der Waals surface area contributed by atoms with Crippen LogP contribution in [-0.2, 0) is 14.4 Å². The molecule has 1 atom stereocenters. The van der Waals surface area contributed by atoms with Gasteiger partial charge in [-0.3, -0.25) is 24.6 Å². The molecule has 0 bridgehead atoms. The van der Waals surface area contributed by atoms with Gasteiger partial charge in [0.05, 0.1) is 12.1 Å². The average Bonchev–Trinajstić information content (AvgIpc) is 3.07. The normalized spacial score (nSPS) is 16.0. The standard InChI is InChI=1S/C23H24FN3O4/c1-3-15(4-2)21(29)25-27(22(30)16-8-6-5-7-9-16)19-14-20(28)26(23(19)31)18-12-10-17(24)11-13-18/h5-13,15,19H,3-4,14H2,1-2H3,(H,25,29). The Hall–Kier alpha value is -3.55. The molecule has 31 heavy (non-hydrogen) atoms. The smallest absolute Gasteiger partial charge is 0.273 e. The molecule has 1 heterocycles. The number of carbonyl (C=O) groups is 4. The molecule has 0 aliphatic carbocycles. The highest BCUT2D eigenvalue weighted by atomic mass is 19.1. The van der Waals surface area contributed by atoms with Crippen molar-refractivity contribution in [3.8, 4) is 0 Å². The van der Waals surface area contributed by atoms with Gasteiger partial charge in [-0.05, 0) is 49.2 Å². The number of hydrogen-bond acceptors (Lipinski definition) is 4. The molecule has 1 aliphatic heterocycles. The SMILES string of the molecule is CCC(CC)C(=O)NN(C(=O)c1ccccc1)C1CC(=O)N(c2ccc(F)cc2)C1=O. The summed E-state index contributed by atoms with van der Waals surface area (Å²) in [5, 5.41) is 0.958. The minimum Gasteiger partial charge on any atom is -0.274 e. The first-order valence-electron chi connectivity index (χ1n) is 10.2. The molecule has 1 saturated heterocycles. The van der Waals surface area contributed by atoms with Crippen LogP contribution in [-0.4, -0.2) is 34.7 Å². The summed E-state index contributed by atoms with van der Waals surface area (Å²) in [7, 11) is 0. The zero-order chi connectivity index (χ0) is 22.5. The maximum Gasteiger partial charge on any atom is 0.273 e. The van der Waals surface area contributed by atoms with Crippen molar-refractivity contribution >= 4 is 29.3 Å². The lowest BCUT2D eigenvalue weighted by atomic mass is 10.0. The molecule has 1 unspecified atom stereocenters. The van der Waals surface area contributed by atoms with Crippen LogP contribution in [0.2, 0.25) is 0 Å². The number of halogens is 1. The van der Waals surface area contributed by atoms with Crippen molar-refractivity contribution in [2.45, 2.75) is 39.2 Å². The molecule has 8 heteroatoms. The van der Waals surface area contributed by atoms with Crippen LogP contribution in [0.15, 0.2) is 54.6 Å². The Labute approximate surface area is 179 Å². The maximum absolute atomic E-state index is 13.3. The van der Waals surface area contributed by atoms with Crippen molar-refractivity contribution in [1.29, 1.82) is 0 Å². The number of hydrogen-bond donors (Lipinski definition) is 1. The molecule has 0 aromatic heterocycles. The molecule has 2 aromatic rings. The largest absolute Gasteiger partial charge is 0.274 e. The molecule has 0 spiro atoms. The van der Waals surface area contributed by atoms with E-state index < -0.39 is 35.5 Å². The lowest BCUT2D eigenvalue weighted by Gasteiger charge is -2.29. The van der Waals surface area contributed by atoms with Crippen molar-refractivity contribution in [2.24, 2.45) is 5.92 Å². The fourth-order valence-corrected chi connectivity index (χ4v) is 3.54. The van der Waals surface area contributed by atoms with Crippen LogP contribution in [0.5, 0.6) is 0 Å².